The highest BCUT2D eigenvalue weighted by Crippen LogP contribution is 2.43. The van der Waals surface area contributed by atoms with Gasteiger partial charge in [-0.05, 0) is 23.3 Å². The highest BCUT2D eigenvalue weighted by atomic mass is 32.1. The van der Waals surface area contributed by atoms with E-state index in [0.29, 0.717) is 5.56 Å². The molecule has 0 aliphatic carbocycles. The van der Waals surface area contributed by atoms with Gasteiger partial charge in [-0.1, -0.05) is 42.5 Å². The molecule has 0 atom stereocenters. The molecule has 0 aromatic heterocycles. The van der Waals surface area contributed by atoms with Gasteiger partial charge in [0.05, 0.1) is 5.56 Å². The van der Waals surface area contributed by atoms with Crippen LogP contribution in [0.5, 0.6) is 5.75 Å². The Bertz CT molecular complexity index is 606. The number of thiocarbonyl (C=S) groups is 1. The van der Waals surface area contributed by atoms with E-state index in [2.05, 4.69) is 12.2 Å². The lowest BCUT2D eigenvalue weighted by atomic mass is 9.94. The van der Waals surface area contributed by atoms with Crippen LogP contribution in [-0.2, 0) is 6.18 Å². The molecule has 5 heteroatoms. The van der Waals surface area contributed by atoms with Crippen molar-refractivity contribution in [1.29, 1.82) is 0 Å². The number of benzene rings is 2. The molecule has 1 N–H and O–H groups in total. The van der Waals surface area contributed by atoms with Crippen LogP contribution in [0.4, 0.5) is 13.2 Å². The van der Waals surface area contributed by atoms with Crippen LogP contribution < -0.4 is 0 Å². The molecule has 1 nitrogen and oxygen atoms in total. The maximum Gasteiger partial charge on any atom is 0.417 e. The SMILES string of the molecule is Oc1ccc(C=S)c(C(F)(F)F)c1-c1ccccc1. The summed E-state index contributed by atoms with van der Waals surface area (Å²) in [4.78, 5) is 0. The van der Waals surface area contributed by atoms with Crippen molar-refractivity contribution in [1.82, 2.24) is 0 Å². The lowest BCUT2D eigenvalue weighted by molar-refractivity contribution is -0.137. The van der Waals surface area contributed by atoms with Crippen LogP contribution in [0.15, 0.2) is 42.5 Å². The van der Waals surface area contributed by atoms with Crippen molar-refractivity contribution in [2.75, 3.05) is 0 Å². The summed E-state index contributed by atoms with van der Waals surface area (Å²) < 4.78 is 39.6. The summed E-state index contributed by atoms with van der Waals surface area (Å²) in [5, 5.41) is 10.7. The Hall–Kier alpha value is -1.88. The maximum atomic E-state index is 13.2. The van der Waals surface area contributed by atoms with Crippen molar-refractivity contribution in [3.05, 3.63) is 53.6 Å². The smallest absolute Gasteiger partial charge is 0.417 e. The first-order chi connectivity index (χ1) is 8.95. The minimum absolute atomic E-state index is 0.126. The molecule has 0 radical (unpaired) electrons. The number of phenols is 1. The predicted octanol–water partition coefficient (Wildman–Crippen LogP) is 4.43. The van der Waals surface area contributed by atoms with Gasteiger partial charge in [-0.2, -0.15) is 13.2 Å². The first kappa shape index (κ1) is 13.5. The summed E-state index contributed by atoms with van der Waals surface area (Å²) in [6.45, 7) is 0. The first-order valence-electron chi connectivity index (χ1n) is 5.39. The summed E-state index contributed by atoms with van der Waals surface area (Å²) in [6, 6.07) is 10.3. The van der Waals surface area contributed by atoms with E-state index in [-0.39, 0.29) is 11.1 Å². The first-order valence-corrected chi connectivity index (χ1v) is 5.86. The van der Waals surface area contributed by atoms with Gasteiger partial charge < -0.3 is 5.11 Å². The Balaban J connectivity index is 2.82. The zero-order valence-corrected chi connectivity index (χ0v) is 10.4. The fourth-order valence-electron chi connectivity index (χ4n) is 1.91. The van der Waals surface area contributed by atoms with Gasteiger partial charge in [0.25, 0.3) is 0 Å². The normalized spacial score (nSPS) is 11.3. The van der Waals surface area contributed by atoms with Gasteiger partial charge >= 0.3 is 6.18 Å². The number of hydrogen-bond donors (Lipinski definition) is 1. The highest BCUT2D eigenvalue weighted by molar-refractivity contribution is 7.79. The number of hydrogen-bond acceptors (Lipinski definition) is 2. The third-order valence-corrected chi connectivity index (χ3v) is 2.94. The molecular formula is C14H9F3OS. The lowest BCUT2D eigenvalue weighted by Gasteiger charge is -2.17. The molecule has 0 saturated carbocycles. The van der Waals surface area contributed by atoms with Crippen molar-refractivity contribution < 1.29 is 18.3 Å². The molecule has 0 saturated heterocycles. The predicted molar refractivity (Wildman–Crippen MR) is 71.3 cm³/mol. The van der Waals surface area contributed by atoms with Crippen LogP contribution >= 0.6 is 12.2 Å². The fourth-order valence-corrected chi connectivity index (χ4v) is 2.10. The monoisotopic (exact) mass is 282 g/mol. The number of phenolic OH excluding ortho intramolecular Hbond substituents is 1. The summed E-state index contributed by atoms with van der Waals surface area (Å²) in [6.07, 6.45) is -4.59. The van der Waals surface area contributed by atoms with E-state index in [1.165, 1.54) is 18.2 Å². The van der Waals surface area contributed by atoms with Gasteiger partial charge in [-0.3, -0.25) is 0 Å². The van der Waals surface area contributed by atoms with Crippen molar-refractivity contribution in [2.45, 2.75) is 6.18 Å². The molecule has 0 unspecified atom stereocenters. The third-order valence-electron chi connectivity index (χ3n) is 2.69. The average Bonchev–Trinajstić information content (AvgIpc) is 2.38. The molecule has 0 fully saturated rings. The third kappa shape index (κ3) is 2.61. The lowest BCUT2D eigenvalue weighted by Crippen LogP contribution is -2.11. The van der Waals surface area contributed by atoms with Crippen molar-refractivity contribution in [3.8, 4) is 16.9 Å². The van der Waals surface area contributed by atoms with Crippen LogP contribution in [0.3, 0.4) is 0 Å². The molecule has 0 bridgehead atoms. The zero-order chi connectivity index (χ0) is 14.0. The Morgan fingerprint density at radius 1 is 1.00 bits per heavy atom. The summed E-state index contributed by atoms with van der Waals surface area (Å²) in [5.41, 5.74) is -0.981. The Morgan fingerprint density at radius 2 is 1.63 bits per heavy atom. The molecule has 2 aromatic rings. The van der Waals surface area contributed by atoms with Crippen LogP contribution in [0, 0.1) is 0 Å². The van der Waals surface area contributed by atoms with E-state index in [9.17, 15) is 18.3 Å². The molecule has 2 aromatic carbocycles. The van der Waals surface area contributed by atoms with E-state index in [1.807, 2.05) is 0 Å². The largest absolute Gasteiger partial charge is 0.507 e. The fraction of sp³-hybridized carbons (Fsp3) is 0.0714. The number of halogens is 3. The Kier molecular flexibility index (Phi) is 3.57. The van der Waals surface area contributed by atoms with Gasteiger partial charge in [-0.25, -0.2) is 0 Å². The molecule has 19 heavy (non-hydrogen) atoms. The molecule has 0 heterocycles. The van der Waals surface area contributed by atoms with E-state index in [4.69, 9.17) is 0 Å². The molecule has 0 aliphatic heterocycles. The summed E-state index contributed by atoms with van der Waals surface area (Å²) in [7, 11) is 0. The van der Waals surface area contributed by atoms with E-state index < -0.39 is 17.5 Å². The van der Waals surface area contributed by atoms with Crippen molar-refractivity contribution in [3.63, 3.8) is 0 Å². The molecule has 2 rings (SSSR count). The number of rotatable bonds is 2. The highest BCUT2D eigenvalue weighted by Gasteiger charge is 2.37. The summed E-state index contributed by atoms with van der Waals surface area (Å²) >= 11 is 4.62. The average molecular weight is 282 g/mol. The van der Waals surface area contributed by atoms with E-state index in [0.717, 1.165) is 11.4 Å². The van der Waals surface area contributed by atoms with Crippen molar-refractivity contribution >= 4 is 17.6 Å². The van der Waals surface area contributed by atoms with Gasteiger partial charge in [0.2, 0.25) is 0 Å². The van der Waals surface area contributed by atoms with Gasteiger partial charge in [-0.15, -0.1) is 0 Å². The Labute approximate surface area is 113 Å². The van der Waals surface area contributed by atoms with Gasteiger partial charge in [0.1, 0.15) is 5.75 Å². The molecule has 0 aliphatic rings. The molecule has 98 valence electrons. The second-order valence-corrected chi connectivity index (χ2v) is 4.14. The van der Waals surface area contributed by atoms with Crippen LogP contribution in [-0.4, -0.2) is 10.5 Å². The molecule has 0 spiro atoms. The quantitative estimate of drug-likeness (QED) is 0.822. The molecular weight excluding hydrogens is 273 g/mol. The van der Waals surface area contributed by atoms with E-state index >= 15 is 0 Å². The maximum absolute atomic E-state index is 13.2. The zero-order valence-electron chi connectivity index (χ0n) is 9.61. The summed E-state index contributed by atoms with van der Waals surface area (Å²) in [5.74, 6) is -0.417. The van der Waals surface area contributed by atoms with Crippen LogP contribution in [0.25, 0.3) is 11.1 Å². The number of alkyl halides is 3. The van der Waals surface area contributed by atoms with Crippen LogP contribution in [0.1, 0.15) is 11.1 Å². The van der Waals surface area contributed by atoms with Gasteiger partial charge in [0.15, 0.2) is 0 Å². The van der Waals surface area contributed by atoms with Crippen LogP contribution in [0.2, 0.25) is 0 Å². The van der Waals surface area contributed by atoms with Gasteiger partial charge in [0, 0.05) is 10.9 Å². The Morgan fingerprint density at radius 3 is 2.16 bits per heavy atom. The molecule has 0 amide bonds. The van der Waals surface area contributed by atoms with Crippen molar-refractivity contribution in [2.24, 2.45) is 0 Å². The second kappa shape index (κ2) is 5.01. The second-order valence-electron chi connectivity index (χ2n) is 3.91. The minimum atomic E-state index is -4.59. The van der Waals surface area contributed by atoms with E-state index in [1.54, 1.807) is 18.2 Å². The number of aromatic hydroxyl groups is 1. The standard InChI is InChI=1S/C14H9F3OS/c15-14(16,17)13-10(8-19)6-7-11(18)12(13)9-4-2-1-3-5-9/h1-8,18H. The topological polar surface area (TPSA) is 20.2 Å². The minimum Gasteiger partial charge on any atom is -0.507 e.